The van der Waals surface area contributed by atoms with Crippen LogP contribution in [-0.4, -0.2) is 64.2 Å². The Bertz CT molecular complexity index is 847. The molecule has 2 aromatic heterocycles. The molecule has 8 heteroatoms. The van der Waals surface area contributed by atoms with Crippen molar-refractivity contribution < 1.29 is 18.7 Å². The highest BCUT2D eigenvalue weighted by molar-refractivity contribution is 5.98. The second-order valence-corrected chi connectivity index (χ2v) is 6.66. The quantitative estimate of drug-likeness (QED) is 0.800. The van der Waals surface area contributed by atoms with Crippen molar-refractivity contribution in [1.82, 2.24) is 19.6 Å². The molecule has 4 rings (SSSR count). The highest BCUT2D eigenvalue weighted by Crippen LogP contribution is 2.30. The monoisotopic (exact) mass is 358 g/mol. The molecule has 0 N–H and O–H groups in total. The average molecular weight is 358 g/mol. The molecule has 0 saturated carbocycles. The van der Waals surface area contributed by atoms with Crippen LogP contribution in [0.2, 0.25) is 0 Å². The summed E-state index contributed by atoms with van der Waals surface area (Å²) in [6, 6.07) is 1.71. The molecule has 26 heavy (non-hydrogen) atoms. The van der Waals surface area contributed by atoms with Crippen molar-refractivity contribution in [3.05, 3.63) is 40.6 Å². The van der Waals surface area contributed by atoms with E-state index in [2.05, 4.69) is 5.10 Å². The Morgan fingerprint density at radius 3 is 2.58 bits per heavy atom. The molecule has 0 aromatic carbocycles. The third-order valence-corrected chi connectivity index (χ3v) is 5.06. The highest BCUT2D eigenvalue weighted by Gasteiger charge is 2.33. The fourth-order valence-corrected chi connectivity index (χ4v) is 3.65. The summed E-state index contributed by atoms with van der Waals surface area (Å²) in [4.78, 5) is 29.4. The maximum Gasteiger partial charge on any atom is 0.272 e. The standard InChI is InChI=1S/C18H22N4O4/c1-12-16(18(24)21-7-9-25-10-8-21)13-11-22(6-4-15(13)26-12)17(23)14-3-5-19-20(14)2/h3,5H,4,6-11H2,1-2H3. The lowest BCUT2D eigenvalue weighted by atomic mass is 10.0. The number of nitrogens with zero attached hydrogens (tertiary/aromatic N) is 4. The van der Waals surface area contributed by atoms with Gasteiger partial charge in [-0.15, -0.1) is 0 Å². The predicted molar refractivity (Wildman–Crippen MR) is 91.8 cm³/mol. The van der Waals surface area contributed by atoms with E-state index >= 15 is 0 Å². The minimum Gasteiger partial charge on any atom is -0.465 e. The van der Waals surface area contributed by atoms with E-state index in [4.69, 9.17) is 9.15 Å². The number of morpholine rings is 1. The average Bonchev–Trinajstić information content (AvgIpc) is 3.23. The summed E-state index contributed by atoms with van der Waals surface area (Å²) in [5.41, 5.74) is 1.97. The van der Waals surface area contributed by atoms with E-state index < -0.39 is 0 Å². The molecule has 4 heterocycles. The van der Waals surface area contributed by atoms with Gasteiger partial charge in [0.05, 0.1) is 25.3 Å². The van der Waals surface area contributed by atoms with Crippen molar-refractivity contribution in [1.29, 1.82) is 0 Å². The van der Waals surface area contributed by atoms with Gasteiger partial charge >= 0.3 is 0 Å². The van der Waals surface area contributed by atoms with Crippen molar-refractivity contribution >= 4 is 11.8 Å². The molecule has 2 aromatic rings. The molecule has 0 aliphatic carbocycles. The SMILES string of the molecule is Cc1oc2c(c1C(=O)N1CCOCC1)CN(C(=O)c1ccnn1C)CC2. The molecule has 1 fully saturated rings. The van der Waals surface area contributed by atoms with Crippen molar-refractivity contribution in [3.8, 4) is 0 Å². The van der Waals surface area contributed by atoms with E-state index in [1.165, 1.54) is 0 Å². The fraction of sp³-hybridized carbons (Fsp3) is 0.500. The maximum absolute atomic E-state index is 13.0. The third kappa shape index (κ3) is 2.80. The van der Waals surface area contributed by atoms with Crippen molar-refractivity contribution in [3.63, 3.8) is 0 Å². The lowest BCUT2D eigenvalue weighted by Gasteiger charge is -2.29. The summed E-state index contributed by atoms with van der Waals surface area (Å²) in [5, 5.41) is 4.07. The molecule has 0 unspecified atom stereocenters. The lowest BCUT2D eigenvalue weighted by Crippen LogP contribution is -2.42. The molecule has 0 spiro atoms. The van der Waals surface area contributed by atoms with E-state index in [9.17, 15) is 9.59 Å². The zero-order chi connectivity index (χ0) is 18.3. The minimum atomic E-state index is -0.0840. The van der Waals surface area contributed by atoms with E-state index in [0.29, 0.717) is 62.8 Å². The van der Waals surface area contributed by atoms with Gasteiger partial charge in [0.15, 0.2) is 0 Å². The minimum absolute atomic E-state index is 0.0365. The number of hydrogen-bond donors (Lipinski definition) is 0. The Morgan fingerprint density at radius 2 is 1.88 bits per heavy atom. The van der Waals surface area contributed by atoms with Crippen LogP contribution in [0.1, 0.15) is 37.9 Å². The Hall–Kier alpha value is -2.61. The number of ether oxygens (including phenoxy) is 1. The van der Waals surface area contributed by atoms with Gasteiger partial charge in [-0.2, -0.15) is 5.10 Å². The number of furan rings is 1. The Morgan fingerprint density at radius 1 is 1.12 bits per heavy atom. The summed E-state index contributed by atoms with van der Waals surface area (Å²) in [6.45, 7) is 5.02. The van der Waals surface area contributed by atoms with Crippen LogP contribution in [0.4, 0.5) is 0 Å². The summed E-state index contributed by atoms with van der Waals surface area (Å²) in [7, 11) is 1.75. The summed E-state index contributed by atoms with van der Waals surface area (Å²) in [5.74, 6) is 1.32. The van der Waals surface area contributed by atoms with Gasteiger partial charge in [0.1, 0.15) is 17.2 Å². The van der Waals surface area contributed by atoms with Gasteiger partial charge in [-0.3, -0.25) is 14.3 Å². The Balaban J connectivity index is 1.61. The van der Waals surface area contributed by atoms with Crippen LogP contribution in [-0.2, 0) is 24.8 Å². The van der Waals surface area contributed by atoms with Gasteiger partial charge < -0.3 is 19.0 Å². The van der Waals surface area contributed by atoms with E-state index in [0.717, 1.165) is 11.3 Å². The van der Waals surface area contributed by atoms with Crippen LogP contribution in [0.25, 0.3) is 0 Å². The molecule has 2 aliphatic rings. The number of fused-ring (bicyclic) bond motifs is 1. The molecule has 2 amide bonds. The number of rotatable bonds is 2. The number of aromatic nitrogens is 2. The lowest BCUT2D eigenvalue weighted by molar-refractivity contribution is 0.0300. The molecule has 0 atom stereocenters. The number of aryl methyl sites for hydroxylation is 2. The molecule has 2 aliphatic heterocycles. The van der Waals surface area contributed by atoms with Crippen LogP contribution in [0.15, 0.2) is 16.7 Å². The van der Waals surface area contributed by atoms with Crippen molar-refractivity contribution in [2.24, 2.45) is 7.05 Å². The predicted octanol–water partition coefficient (Wildman–Crippen LogP) is 0.992. The topological polar surface area (TPSA) is 80.8 Å². The smallest absolute Gasteiger partial charge is 0.272 e. The Kier molecular flexibility index (Phi) is 4.28. The van der Waals surface area contributed by atoms with Gasteiger partial charge in [-0.05, 0) is 13.0 Å². The fourth-order valence-electron chi connectivity index (χ4n) is 3.65. The first kappa shape index (κ1) is 16.8. The molecule has 0 bridgehead atoms. The van der Waals surface area contributed by atoms with Crippen LogP contribution in [0.3, 0.4) is 0 Å². The third-order valence-electron chi connectivity index (χ3n) is 5.06. The second kappa shape index (κ2) is 6.60. The van der Waals surface area contributed by atoms with Gasteiger partial charge in [0, 0.05) is 44.9 Å². The first-order valence-electron chi connectivity index (χ1n) is 8.81. The van der Waals surface area contributed by atoms with Crippen molar-refractivity contribution in [2.45, 2.75) is 19.9 Å². The summed E-state index contributed by atoms with van der Waals surface area (Å²) < 4.78 is 12.8. The van der Waals surface area contributed by atoms with Crippen LogP contribution in [0.5, 0.6) is 0 Å². The van der Waals surface area contributed by atoms with Crippen LogP contribution < -0.4 is 0 Å². The Labute approximate surface area is 151 Å². The molecule has 8 nitrogen and oxygen atoms in total. The molecular weight excluding hydrogens is 336 g/mol. The van der Waals surface area contributed by atoms with Gasteiger partial charge in [0.2, 0.25) is 0 Å². The first-order valence-corrected chi connectivity index (χ1v) is 8.81. The van der Waals surface area contributed by atoms with Gasteiger partial charge in [-0.1, -0.05) is 0 Å². The van der Waals surface area contributed by atoms with Crippen molar-refractivity contribution in [2.75, 3.05) is 32.8 Å². The van der Waals surface area contributed by atoms with E-state index in [1.54, 1.807) is 33.8 Å². The maximum atomic E-state index is 13.0. The molecular formula is C18H22N4O4. The van der Waals surface area contributed by atoms with Gasteiger partial charge in [0.25, 0.3) is 11.8 Å². The van der Waals surface area contributed by atoms with Gasteiger partial charge in [-0.25, -0.2) is 0 Å². The zero-order valence-electron chi connectivity index (χ0n) is 15.0. The number of hydrogen-bond acceptors (Lipinski definition) is 5. The summed E-state index contributed by atoms with van der Waals surface area (Å²) >= 11 is 0. The first-order chi connectivity index (χ1) is 12.6. The number of amides is 2. The van der Waals surface area contributed by atoms with E-state index in [-0.39, 0.29) is 11.8 Å². The zero-order valence-corrected chi connectivity index (χ0v) is 15.0. The van der Waals surface area contributed by atoms with E-state index in [1.807, 2.05) is 6.92 Å². The number of carbonyl (C=O) groups excluding carboxylic acids is 2. The highest BCUT2D eigenvalue weighted by atomic mass is 16.5. The number of carbonyl (C=O) groups is 2. The summed E-state index contributed by atoms with van der Waals surface area (Å²) in [6.07, 6.45) is 2.22. The molecule has 1 saturated heterocycles. The molecule has 0 radical (unpaired) electrons. The molecule has 138 valence electrons. The largest absolute Gasteiger partial charge is 0.465 e. The van der Waals surface area contributed by atoms with Crippen LogP contribution in [0, 0.1) is 6.92 Å². The normalized spacial score (nSPS) is 17.3. The second-order valence-electron chi connectivity index (χ2n) is 6.66. The van der Waals surface area contributed by atoms with Crippen LogP contribution >= 0.6 is 0 Å².